The first kappa shape index (κ1) is 17.6. The lowest BCUT2D eigenvalue weighted by atomic mass is 9.92. The van der Waals surface area contributed by atoms with Crippen LogP contribution >= 0.6 is 0 Å². The summed E-state index contributed by atoms with van der Waals surface area (Å²) in [5.74, 6) is 1.67. The van der Waals surface area contributed by atoms with Crippen molar-refractivity contribution < 1.29 is 9.53 Å². The van der Waals surface area contributed by atoms with Crippen LogP contribution in [0.4, 0.5) is 0 Å². The van der Waals surface area contributed by atoms with Gasteiger partial charge < -0.3 is 14.2 Å². The fourth-order valence-electron chi connectivity index (χ4n) is 3.75. The van der Waals surface area contributed by atoms with Gasteiger partial charge in [-0.15, -0.1) is 0 Å². The maximum Gasteiger partial charge on any atom is 0.253 e. The number of hydrogen-bond donors (Lipinski definition) is 0. The standard InChI is InChI=1S/C22H25N3O2/c1-13-6-8-15(9-7-13)19-11-10-16-17(22(26)24(3)4)12-18-20(21(16)27-19)23-14(2)25(18)5/h6-9,12,19H,10-11H2,1-5H3/t19-/m0/s1. The molecule has 2 heterocycles. The number of ether oxygens (including phenoxy) is 1. The van der Waals surface area contributed by atoms with Crippen molar-refractivity contribution in [2.45, 2.75) is 32.8 Å². The number of nitrogens with zero attached hydrogens (tertiary/aromatic N) is 3. The molecule has 1 amide bonds. The second kappa shape index (κ2) is 6.41. The van der Waals surface area contributed by atoms with E-state index in [4.69, 9.17) is 9.72 Å². The normalized spacial score (nSPS) is 16.1. The van der Waals surface area contributed by atoms with Crippen LogP contribution in [0.1, 0.15) is 45.4 Å². The summed E-state index contributed by atoms with van der Waals surface area (Å²) in [6.07, 6.45) is 1.63. The summed E-state index contributed by atoms with van der Waals surface area (Å²) in [5, 5.41) is 0. The predicted octanol–water partition coefficient (Wildman–Crippen LogP) is 3.96. The fraction of sp³-hybridized carbons (Fsp3) is 0.364. The summed E-state index contributed by atoms with van der Waals surface area (Å²) in [6.45, 7) is 4.06. The number of amides is 1. The Kier molecular flexibility index (Phi) is 4.17. The number of hydrogen-bond acceptors (Lipinski definition) is 3. The molecule has 0 spiro atoms. The largest absolute Gasteiger partial charge is 0.483 e. The molecule has 0 radical (unpaired) electrons. The summed E-state index contributed by atoms with van der Waals surface area (Å²) in [6, 6.07) is 10.4. The monoisotopic (exact) mass is 363 g/mol. The van der Waals surface area contributed by atoms with Gasteiger partial charge in [0.1, 0.15) is 17.4 Å². The van der Waals surface area contributed by atoms with E-state index < -0.39 is 0 Å². The smallest absolute Gasteiger partial charge is 0.253 e. The van der Waals surface area contributed by atoms with Crippen molar-refractivity contribution in [2.75, 3.05) is 14.1 Å². The van der Waals surface area contributed by atoms with Crippen LogP contribution in [0.25, 0.3) is 11.0 Å². The third kappa shape index (κ3) is 2.87. The Labute approximate surface area is 159 Å². The molecule has 0 aliphatic carbocycles. The van der Waals surface area contributed by atoms with E-state index in [9.17, 15) is 4.79 Å². The number of carbonyl (C=O) groups excluding carboxylic acids is 1. The molecule has 4 rings (SSSR count). The lowest BCUT2D eigenvalue weighted by molar-refractivity contribution is 0.0823. The van der Waals surface area contributed by atoms with Crippen molar-refractivity contribution in [3.05, 3.63) is 58.4 Å². The SMILES string of the molecule is Cc1ccc([C@@H]2CCc3c(C(=O)N(C)C)cc4c(nc(C)n4C)c3O2)cc1. The molecular formula is C22H25N3O2. The zero-order valence-electron chi connectivity index (χ0n) is 16.5. The minimum atomic E-state index is -0.0201. The minimum absolute atomic E-state index is 0.00406. The topological polar surface area (TPSA) is 47.4 Å². The number of aromatic nitrogens is 2. The molecule has 0 bridgehead atoms. The van der Waals surface area contributed by atoms with Gasteiger partial charge in [0.05, 0.1) is 5.52 Å². The summed E-state index contributed by atoms with van der Waals surface area (Å²) in [7, 11) is 5.54. The van der Waals surface area contributed by atoms with Crippen molar-refractivity contribution in [1.82, 2.24) is 14.5 Å². The van der Waals surface area contributed by atoms with Crippen LogP contribution in [0, 0.1) is 13.8 Å². The fourth-order valence-corrected chi connectivity index (χ4v) is 3.75. The number of benzene rings is 2. The highest BCUT2D eigenvalue weighted by Gasteiger charge is 2.30. The first-order chi connectivity index (χ1) is 12.9. The molecule has 5 nitrogen and oxygen atoms in total. The third-order valence-electron chi connectivity index (χ3n) is 5.46. The van der Waals surface area contributed by atoms with E-state index in [0.717, 1.165) is 46.6 Å². The summed E-state index contributed by atoms with van der Waals surface area (Å²) in [5.41, 5.74) is 5.86. The molecule has 27 heavy (non-hydrogen) atoms. The van der Waals surface area contributed by atoms with Crippen LogP contribution in [0.3, 0.4) is 0 Å². The van der Waals surface area contributed by atoms with Crippen molar-refractivity contribution >= 4 is 16.9 Å². The maximum atomic E-state index is 12.8. The highest BCUT2D eigenvalue weighted by atomic mass is 16.5. The van der Waals surface area contributed by atoms with Gasteiger partial charge >= 0.3 is 0 Å². The molecule has 1 atom stereocenters. The van der Waals surface area contributed by atoms with E-state index in [1.807, 2.05) is 24.6 Å². The van der Waals surface area contributed by atoms with Crippen molar-refractivity contribution in [1.29, 1.82) is 0 Å². The Balaban J connectivity index is 1.87. The molecule has 0 unspecified atom stereocenters. The molecule has 0 fully saturated rings. The van der Waals surface area contributed by atoms with Crippen LogP contribution in [-0.2, 0) is 13.5 Å². The highest BCUT2D eigenvalue weighted by Crippen LogP contribution is 2.41. The molecule has 3 aromatic rings. The number of rotatable bonds is 2. The number of carbonyl (C=O) groups is 1. The van der Waals surface area contributed by atoms with Gasteiger partial charge in [0.2, 0.25) is 0 Å². The molecule has 0 saturated carbocycles. The maximum absolute atomic E-state index is 12.8. The number of aryl methyl sites for hydroxylation is 3. The van der Waals surface area contributed by atoms with Gasteiger partial charge in [0.15, 0.2) is 5.75 Å². The molecule has 0 N–H and O–H groups in total. The van der Waals surface area contributed by atoms with Gasteiger partial charge in [-0.2, -0.15) is 0 Å². The van der Waals surface area contributed by atoms with Crippen LogP contribution in [0.2, 0.25) is 0 Å². The van der Waals surface area contributed by atoms with E-state index in [-0.39, 0.29) is 12.0 Å². The lowest BCUT2D eigenvalue weighted by Crippen LogP contribution is -2.25. The molecule has 1 aliphatic heterocycles. The van der Waals surface area contributed by atoms with Crippen molar-refractivity contribution in [3.8, 4) is 5.75 Å². The number of fused-ring (bicyclic) bond motifs is 3. The van der Waals surface area contributed by atoms with Crippen molar-refractivity contribution in [2.24, 2.45) is 7.05 Å². The molecular weight excluding hydrogens is 338 g/mol. The zero-order chi connectivity index (χ0) is 19.3. The number of imidazole rings is 1. The third-order valence-corrected chi connectivity index (χ3v) is 5.46. The van der Waals surface area contributed by atoms with Crippen LogP contribution < -0.4 is 4.74 Å². The van der Waals surface area contributed by atoms with Crippen molar-refractivity contribution in [3.63, 3.8) is 0 Å². The summed E-state index contributed by atoms with van der Waals surface area (Å²) < 4.78 is 8.48. The summed E-state index contributed by atoms with van der Waals surface area (Å²) in [4.78, 5) is 19.2. The van der Waals surface area contributed by atoms with E-state index in [1.165, 1.54) is 5.56 Å². The second-order valence-corrected chi connectivity index (χ2v) is 7.57. The molecule has 1 aliphatic rings. The second-order valence-electron chi connectivity index (χ2n) is 7.57. The van der Waals surface area contributed by atoms with Gasteiger partial charge in [0, 0.05) is 32.3 Å². The van der Waals surface area contributed by atoms with Crippen LogP contribution in [0.15, 0.2) is 30.3 Å². The average Bonchev–Trinajstić information content (AvgIpc) is 2.95. The van der Waals surface area contributed by atoms with Crippen LogP contribution in [0.5, 0.6) is 5.75 Å². The first-order valence-corrected chi connectivity index (χ1v) is 9.30. The van der Waals surface area contributed by atoms with Gasteiger partial charge in [-0.3, -0.25) is 4.79 Å². The van der Waals surface area contributed by atoms with E-state index in [0.29, 0.717) is 5.56 Å². The highest BCUT2D eigenvalue weighted by molar-refractivity contribution is 6.01. The Morgan fingerprint density at radius 1 is 1.22 bits per heavy atom. The Hall–Kier alpha value is -2.82. The van der Waals surface area contributed by atoms with Gasteiger partial charge in [-0.1, -0.05) is 29.8 Å². The first-order valence-electron chi connectivity index (χ1n) is 9.30. The molecule has 5 heteroatoms. The molecule has 2 aromatic carbocycles. The molecule has 140 valence electrons. The lowest BCUT2D eigenvalue weighted by Gasteiger charge is -2.28. The Morgan fingerprint density at radius 3 is 2.59 bits per heavy atom. The van der Waals surface area contributed by atoms with Gasteiger partial charge in [-0.05, 0) is 38.3 Å². The average molecular weight is 363 g/mol. The molecule has 1 aromatic heterocycles. The van der Waals surface area contributed by atoms with E-state index in [2.05, 4.69) is 31.2 Å². The minimum Gasteiger partial charge on any atom is -0.483 e. The van der Waals surface area contributed by atoms with E-state index in [1.54, 1.807) is 19.0 Å². The predicted molar refractivity (Wildman–Crippen MR) is 106 cm³/mol. The van der Waals surface area contributed by atoms with Gasteiger partial charge in [-0.25, -0.2) is 4.98 Å². The zero-order valence-corrected chi connectivity index (χ0v) is 16.5. The van der Waals surface area contributed by atoms with Gasteiger partial charge in [0.25, 0.3) is 5.91 Å². The van der Waals surface area contributed by atoms with Crippen LogP contribution in [-0.4, -0.2) is 34.5 Å². The summed E-state index contributed by atoms with van der Waals surface area (Å²) >= 11 is 0. The quantitative estimate of drug-likeness (QED) is 0.692. The Morgan fingerprint density at radius 2 is 1.93 bits per heavy atom. The van der Waals surface area contributed by atoms with E-state index >= 15 is 0 Å². The Bertz CT molecular complexity index is 1030. The molecule has 0 saturated heterocycles.